The number of nitrogens with zero attached hydrogens (tertiary/aromatic N) is 1. The summed E-state index contributed by atoms with van der Waals surface area (Å²) in [5.41, 5.74) is 3.15. The van der Waals surface area contributed by atoms with Gasteiger partial charge in [0.1, 0.15) is 4.71 Å². The van der Waals surface area contributed by atoms with Crippen molar-refractivity contribution in [1.82, 2.24) is 10.4 Å². The second-order valence-corrected chi connectivity index (χ2v) is 6.58. The fourth-order valence-corrected chi connectivity index (χ4v) is 4.13. The molecule has 0 aliphatic carbocycles. The van der Waals surface area contributed by atoms with Gasteiger partial charge >= 0.3 is 6.30 Å². The number of hydrazine groups is 1. The Balaban J connectivity index is 1.98. The van der Waals surface area contributed by atoms with Crippen LogP contribution in [-0.2, 0) is 5.75 Å². The van der Waals surface area contributed by atoms with Crippen LogP contribution in [0.4, 0.5) is 13.2 Å². The molecule has 0 spiro atoms. The molecule has 0 saturated carbocycles. The molecule has 1 aliphatic heterocycles. The Morgan fingerprint density at radius 1 is 1.33 bits per heavy atom. The van der Waals surface area contributed by atoms with Gasteiger partial charge < -0.3 is 0 Å². The first-order valence-corrected chi connectivity index (χ1v) is 7.29. The van der Waals surface area contributed by atoms with Crippen molar-refractivity contribution in [2.75, 3.05) is 0 Å². The Hall–Kier alpha value is -0.440. The van der Waals surface area contributed by atoms with Crippen molar-refractivity contribution in [1.29, 1.82) is 0 Å². The van der Waals surface area contributed by atoms with Crippen molar-refractivity contribution >= 4 is 40.1 Å². The molecule has 0 aromatic heterocycles. The average Bonchev–Trinajstić information content (AvgIpc) is 2.69. The lowest BCUT2D eigenvalue weighted by molar-refractivity contribution is -0.251. The Labute approximate surface area is 116 Å². The summed E-state index contributed by atoms with van der Waals surface area (Å²) in [5.74, 6) is 0.509. The highest BCUT2D eigenvalue weighted by molar-refractivity contribution is 8.30. The van der Waals surface area contributed by atoms with Crippen LogP contribution in [0.2, 0.25) is 0 Å². The summed E-state index contributed by atoms with van der Waals surface area (Å²) in [7, 11) is 0. The van der Waals surface area contributed by atoms with Crippen molar-refractivity contribution in [3.8, 4) is 0 Å². The van der Waals surface area contributed by atoms with E-state index >= 15 is 0 Å². The minimum absolute atomic E-state index is 0.151. The highest BCUT2D eigenvalue weighted by atomic mass is 32.2. The summed E-state index contributed by atoms with van der Waals surface area (Å²) in [6.07, 6.45) is -4.43. The molecule has 0 bridgehead atoms. The molecule has 18 heavy (non-hydrogen) atoms. The van der Waals surface area contributed by atoms with Crippen LogP contribution < -0.4 is 5.43 Å². The first kappa shape index (κ1) is 14.0. The Morgan fingerprint density at radius 2 is 2.00 bits per heavy atom. The molecule has 0 radical (unpaired) electrons. The maximum Gasteiger partial charge on any atom is 0.479 e. The number of hydrogen-bond acceptors (Lipinski definition) is 4. The van der Waals surface area contributed by atoms with Gasteiger partial charge in [-0.2, -0.15) is 13.2 Å². The minimum atomic E-state index is -4.43. The Morgan fingerprint density at radius 3 is 2.61 bits per heavy atom. The van der Waals surface area contributed by atoms with E-state index in [4.69, 9.17) is 12.2 Å². The maximum absolute atomic E-state index is 12.7. The number of thiocarbonyl (C=S) groups is 1. The van der Waals surface area contributed by atoms with Gasteiger partial charge in [-0.3, -0.25) is 5.43 Å². The number of hydrogen-bond donors (Lipinski definition) is 1. The molecule has 1 saturated heterocycles. The molecule has 0 amide bonds. The molecule has 1 unspecified atom stereocenters. The van der Waals surface area contributed by atoms with Crippen LogP contribution in [0.25, 0.3) is 0 Å². The van der Waals surface area contributed by atoms with E-state index < -0.39 is 11.0 Å². The zero-order valence-electron chi connectivity index (χ0n) is 8.98. The lowest BCUT2D eigenvalue weighted by atomic mass is 10.2. The van der Waals surface area contributed by atoms with E-state index in [2.05, 4.69) is 5.43 Å². The van der Waals surface area contributed by atoms with E-state index in [0.29, 0.717) is 5.75 Å². The van der Waals surface area contributed by atoms with Gasteiger partial charge in [0.25, 0.3) is 0 Å². The molecular formula is C10H9F3N2S3. The molecule has 1 atom stereocenters. The fraction of sp³-hybridized carbons (Fsp3) is 0.300. The maximum atomic E-state index is 12.7. The largest absolute Gasteiger partial charge is 0.479 e. The van der Waals surface area contributed by atoms with Crippen LogP contribution >= 0.6 is 35.7 Å². The summed E-state index contributed by atoms with van der Waals surface area (Å²) in [6, 6.07) is 9.37. The number of halogens is 3. The van der Waals surface area contributed by atoms with Crippen LogP contribution in [0.15, 0.2) is 30.3 Å². The van der Waals surface area contributed by atoms with Crippen LogP contribution in [0.5, 0.6) is 0 Å². The van der Waals surface area contributed by atoms with Crippen molar-refractivity contribution in [2.45, 2.75) is 16.8 Å². The second-order valence-electron chi connectivity index (χ2n) is 3.46. The van der Waals surface area contributed by atoms with Gasteiger partial charge in [0.2, 0.25) is 0 Å². The quantitative estimate of drug-likeness (QED) is 0.676. The summed E-state index contributed by atoms with van der Waals surface area (Å²) < 4.78 is 37.4. The minimum Gasteiger partial charge on any atom is -0.295 e. The van der Waals surface area contributed by atoms with Crippen molar-refractivity contribution in [2.24, 2.45) is 0 Å². The summed E-state index contributed by atoms with van der Waals surface area (Å²) in [6.45, 7) is 0. The van der Waals surface area contributed by atoms with Crippen molar-refractivity contribution in [3.63, 3.8) is 0 Å². The molecule has 8 heteroatoms. The van der Waals surface area contributed by atoms with Gasteiger partial charge in [0, 0.05) is 5.75 Å². The molecule has 1 aromatic rings. The Bertz CT molecular complexity index is 424. The molecule has 1 aliphatic rings. The SMILES string of the molecule is FC(F)(F)N1NC(=S)SC1SCc1ccccc1. The molecule has 1 N–H and O–H groups in total. The molecule has 1 heterocycles. The topological polar surface area (TPSA) is 15.3 Å². The zero-order valence-corrected chi connectivity index (χ0v) is 11.4. The predicted molar refractivity (Wildman–Crippen MR) is 72.7 cm³/mol. The van der Waals surface area contributed by atoms with Crippen molar-refractivity contribution < 1.29 is 13.2 Å². The standard InChI is InChI=1S/C10H9F3N2S3/c11-10(12,13)15-9(18-8(16)14-15)17-6-7-4-2-1-3-5-7/h1-5,9H,6H2,(H,14,16). The van der Waals surface area contributed by atoms with Gasteiger partial charge in [-0.25, -0.2) is 0 Å². The lowest BCUT2D eigenvalue weighted by Gasteiger charge is -2.23. The van der Waals surface area contributed by atoms with E-state index in [1.807, 2.05) is 30.3 Å². The molecule has 1 aromatic carbocycles. The zero-order chi connectivity index (χ0) is 13.2. The average molecular weight is 310 g/mol. The molecule has 2 rings (SSSR count). The summed E-state index contributed by atoms with van der Waals surface area (Å²) >= 11 is 6.97. The molecule has 2 nitrogen and oxygen atoms in total. The van der Waals surface area contributed by atoms with E-state index in [1.54, 1.807) is 0 Å². The van der Waals surface area contributed by atoms with E-state index in [1.165, 1.54) is 11.8 Å². The van der Waals surface area contributed by atoms with E-state index in [0.717, 1.165) is 17.3 Å². The number of alkyl halides is 3. The van der Waals surface area contributed by atoms with Crippen LogP contribution in [0.3, 0.4) is 0 Å². The highest BCUT2D eigenvalue weighted by Crippen LogP contribution is 2.39. The first-order chi connectivity index (χ1) is 8.47. The van der Waals surface area contributed by atoms with Gasteiger partial charge in [0.05, 0.1) is 0 Å². The normalized spacial score (nSPS) is 21.1. The van der Waals surface area contributed by atoms with Crippen LogP contribution in [0, 0.1) is 0 Å². The smallest absolute Gasteiger partial charge is 0.295 e. The third-order valence-electron chi connectivity index (χ3n) is 2.14. The Kier molecular flexibility index (Phi) is 4.41. The third kappa shape index (κ3) is 3.53. The number of nitrogens with one attached hydrogen (secondary N) is 1. The molecule has 1 fully saturated rings. The predicted octanol–water partition coefficient (Wildman–Crippen LogP) is 3.56. The summed E-state index contributed by atoms with van der Waals surface area (Å²) in [5, 5.41) is 0.244. The van der Waals surface area contributed by atoms with E-state index in [9.17, 15) is 13.2 Å². The second kappa shape index (κ2) is 5.68. The summed E-state index contributed by atoms with van der Waals surface area (Å²) in [4.78, 5) is 0. The van der Waals surface area contributed by atoms with Gasteiger partial charge in [-0.05, 0) is 5.56 Å². The first-order valence-electron chi connectivity index (χ1n) is 4.95. The van der Waals surface area contributed by atoms with Crippen LogP contribution in [-0.4, -0.2) is 20.3 Å². The van der Waals surface area contributed by atoms with Crippen molar-refractivity contribution in [3.05, 3.63) is 35.9 Å². The fourth-order valence-electron chi connectivity index (χ4n) is 1.35. The number of thioether (sulfide) groups is 2. The molecular weight excluding hydrogens is 301 g/mol. The lowest BCUT2D eigenvalue weighted by Crippen LogP contribution is -2.47. The molecule has 98 valence electrons. The van der Waals surface area contributed by atoms with Gasteiger partial charge in [-0.15, -0.1) is 16.8 Å². The monoisotopic (exact) mass is 310 g/mol. The third-order valence-corrected chi connectivity index (χ3v) is 4.93. The van der Waals surface area contributed by atoms with Gasteiger partial charge in [0.15, 0.2) is 4.32 Å². The number of rotatable bonds is 3. The van der Waals surface area contributed by atoms with E-state index in [-0.39, 0.29) is 9.33 Å². The van der Waals surface area contributed by atoms with Crippen LogP contribution in [0.1, 0.15) is 5.56 Å². The van der Waals surface area contributed by atoms with Gasteiger partial charge in [-0.1, -0.05) is 54.3 Å². The highest BCUT2D eigenvalue weighted by Gasteiger charge is 2.47. The number of benzene rings is 1.